The molecule has 0 bridgehead atoms. The second-order valence-corrected chi connectivity index (χ2v) is 6.75. The van der Waals surface area contributed by atoms with Crippen molar-refractivity contribution in [2.75, 3.05) is 6.54 Å². The van der Waals surface area contributed by atoms with Gasteiger partial charge in [-0.1, -0.05) is 6.07 Å². The van der Waals surface area contributed by atoms with Crippen molar-refractivity contribution < 1.29 is 0 Å². The van der Waals surface area contributed by atoms with Gasteiger partial charge in [0.15, 0.2) is 5.82 Å². The van der Waals surface area contributed by atoms with Crippen molar-refractivity contribution in [2.24, 2.45) is 0 Å². The van der Waals surface area contributed by atoms with E-state index in [2.05, 4.69) is 50.5 Å². The summed E-state index contributed by atoms with van der Waals surface area (Å²) in [5, 5.41) is 8.24. The summed E-state index contributed by atoms with van der Waals surface area (Å²) in [4.78, 5) is 9.12. The van der Waals surface area contributed by atoms with Gasteiger partial charge in [0.05, 0.1) is 5.69 Å². The number of rotatable bonds is 4. The minimum absolute atomic E-state index is 0.269. The van der Waals surface area contributed by atoms with E-state index in [0.29, 0.717) is 0 Å². The van der Waals surface area contributed by atoms with Crippen LogP contribution in [0.5, 0.6) is 0 Å². The molecule has 0 fully saturated rings. The summed E-state index contributed by atoms with van der Waals surface area (Å²) in [5.74, 6) is 0.932. The van der Waals surface area contributed by atoms with Crippen LogP contribution in [0.2, 0.25) is 0 Å². The Bertz CT molecular complexity index is 839. The van der Waals surface area contributed by atoms with Gasteiger partial charge in [-0.2, -0.15) is 5.10 Å². The van der Waals surface area contributed by atoms with Gasteiger partial charge < -0.3 is 9.88 Å². The molecule has 6 heteroatoms. The Kier molecular flexibility index (Phi) is 4.36. The number of hydrogen-bond acceptors (Lipinski definition) is 4. The van der Waals surface area contributed by atoms with Crippen molar-refractivity contribution in [3.8, 4) is 11.5 Å². The Balaban J connectivity index is 1.61. The predicted octanol–water partition coefficient (Wildman–Crippen LogP) is 2.75. The van der Waals surface area contributed by atoms with Crippen LogP contribution in [0.25, 0.3) is 11.5 Å². The first-order valence-corrected chi connectivity index (χ1v) is 8.93. The number of hydrogen-bond donors (Lipinski definition) is 1. The van der Waals surface area contributed by atoms with E-state index in [-0.39, 0.29) is 6.04 Å². The van der Waals surface area contributed by atoms with Gasteiger partial charge in [-0.3, -0.25) is 9.67 Å². The smallest absolute Gasteiger partial charge is 0.160 e. The van der Waals surface area contributed by atoms with Gasteiger partial charge >= 0.3 is 0 Å². The normalized spacial score (nSPS) is 15.6. The van der Waals surface area contributed by atoms with E-state index in [1.807, 2.05) is 24.7 Å². The van der Waals surface area contributed by atoms with Crippen LogP contribution in [0.4, 0.5) is 0 Å². The molecule has 3 aromatic heterocycles. The van der Waals surface area contributed by atoms with Crippen molar-refractivity contribution in [3.05, 3.63) is 53.7 Å². The summed E-state index contributed by atoms with van der Waals surface area (Å²) in [5.41, 5.74) is 4.55. The fraction of sp³-hybridized carbons (Fsp3) is 0.421. The monoisotopic (exact) mass is 336 g/mol. The summed E-state index contributed by atoms with van der Waals surface area (Å²) in [6, 6.07) is 6.53. The van der Waals surface area contributed by atoms with Crippen LogP contribution in [-0.2, 0) is 19.5 Å². The van der Waals surface area contributed by atoms with Crippen LogP contribution >= 0.6 is 0 Å². The first kappa shape index (κ1) is 16.0. The third kappa shape index (κ3) is 3.22. The van der Waals surface area contributed by atoms with Crippen LogP contribution in [0, 0.1) is 6.92 Å². The molecular weight excluding hydrogens is 312 g/mol. The summed E-state index contributed by atoms with van der Waals surface area (Å²) in [7, 11) is 0. The van der Waals surface area contributed by atoms with Gasteiger partial charge in [0.25, 0.3) is 0 Å². The quantitative estimate of drug-likeness (QED) is 0.796. The van der Waals surface area contributed by atoms with E-state index < -0.39 is 0 Å². The van der Waals surface area contributed by atoms with E-state index in [1.54, 1.807) is 0 Å². The lowest BCUT2D eigenvalue weighted by Gasteiger charge is -2.16. The van der Waals surface area contributed by atoms with Crippen molar-refractivity contribution >= 4 is 0 Å². The topological polar surface area (TPSA) is 60.6 Å². The molecule has 0 amide bonds. The van der Waals surface area contributed by atoms with Crippen molar-refractivity contribution in [2.45, 2.75) is 45.8 Å². The minimum Gasteiger partial charge on any atom is -0.326 e. The lowest BCUT2D eigenvalue weighted by atomic mass is 10.1. The van der Waals surface area contributed by atoms with Crippen LogP contribution in [0.3, 0.4) is 0 Å². The second kappa shape index (κ2) is 6.80. The molecule has 0 aliphatic carbocycles. The summed E-state index contributed by atoms with van der Waals surface area (Å²) in [6.45, 7) is 7.21. The highest BCUT2D eigenvalue weighted by molar-refractivity contribution is 5.50. The number of aromatic nitrogens is 5. The van der Waals surface area contributed by atoms with Crippen molar-refractivity contribution in [1.82, 2.24) is 29.6 Å². The zero-order valence-electron chi connectivity index (χ0n) is 14.8. The number of nitrogens with zero attached hydrogens (tertiary/aromatic N) is 5. The van der Waals surface area contributed by atoms with Crippen LogP contribution in [0.15, 0.2) is 36.8 Å². The lowest BCUT2D eigenvalue weighted by Crippen LogP contribution is -2.12. The Hall–Kier alpha value is -2.47. The summed E-state index contributed by atoms with van der Waals surface area (Å²) in [6.07, 6.45) is 7.76. The highest BCUT2D eigenvalue weighted by Crippen LogP contribution is 2.24. The summed E-state index contributed by atoms with van der Waals surface area (Å²) < 4.78 is 4.33. The molecule has 4 rings (SSSR count). The molecule has 25 heavy (non-hydrogen) atoms. The molecule has 0 radical (unpaired) electrons. The Morgan fingerprint density at radius 2 is 2.20 bits per heavy atom. The van der Waals surface area contributed by atoms with E-state index >= 15 is 0 Å². The van der Waals surface area contributed by atoms with Gasteiger partial charge in [-0.25, -0.2) is 4.98 Å². The number of pyridine rings is 1. The molecule has 0 aromatic carbocycles. The van der Waals surface area contributed by atoms with Crippen molar-refractivity contribution in [1.29, 1.82) is 0 Å². The SMILES string of the molecule is Cc1cccnc1CC(C)n1ccnc1-c1cc2n(n1)CCCNC2. The maximum Gasteiger partial charge on any atom is 0.160 e. The highest BCUT2D eigenvalue weighted by Gasteiger charge is 2.18. The van der Waals surface area contributed by atoms with E-state index in [9.17, 15) is 0 Å². The van der Waals surface area contributed by atoms with Gasteiger partial charge in [-0.05, 0) is 44.5 Å². The highest BCUT2D eigenvalue weighted by atomic mass is 15.3. The Morgan fingerprint density at radius 3 is 3.08 bits per heavy atom. The first-order chi connectivity index (χ1) is 12.2. The van der Waals surface area contributed by atoms with E-state index in [0.717, 1.165) is 49.7 Å². The first-order valence-electron chi connectivity index (χ1n) is 8.93. The molecule has 6 nitrogen and oxygen atoms in total. The molecule has 1 atom stereocenters. The largest absolute Gasteiger partial charge is 0.326 e. The maximum atomic E-state index is 4.80. The molecule has 1 aliphatic rings. The molecule has 0 saturated heterocycles. The van der Waals surface area contributed by atoms with Gasteiger partial charge in [0, 0.05) is 49.8 Å². The molecular formula is C19H24N6. The van der Waals surface area contributed by atoms with Crippen LogP contribution in [-0.4, -0.2) is 30.9 Å². The second-order valence-electron chi connectivity index (χ2n) is 6.75. The third-order valence-corrected chi connectivity index (χ3v) is 4.87. The summed E-state index contributed by atoms with van der Waals surface area (Å²) >= 11 is 0. The van der Waals surface area contributed by atoms with Crippen LogP contribution in [0.1, 0.15) is 36.3 Å². The maximum absolute atomic E-state index is 4.80. The molecule has 1 N–H and O–H groups in total. The standard InChI is InChI=1S/C19H24N6/c1-14-5-3-7-21-17(14)11-15(2)24-10-8-22-19(24)18-12-16-13-20-6-4-9-25(16)23-18/h3,5,7-8,10,12,15,20H,4,6,9,11,13H2,1-2H3. The molecule has 130 valence electrons. The van der Waals surface area contributed by atoms with E-state index in [1.165, 1.54) is 11.3 Å². The fourth-order valence-electron chi connectivity index (χ4n) is 3.45. The lowest BCUT2D eigenvalue weighted by molar-refractivity contribution is 0.539. The average molecular weight is 336 g/mol. The Labute approximate surface area is 147 Å². The van der Waals surface area contributed by atoms with Crippen LogP contribution < -0.4 is 5.32 Å². The number of aryl methyl sites for hydroxylation is 2. The Morgan fingerprint density at radius 1 is 1.28 bits per heavy atom. The number of imidazole rings is 1. The predicted molar refractivity (Wildman–Crippen MR) is 97.2 cm³/mol. The van der Waals surface area contributed by atoms with Gasteiger partial charge in [0.1, 0.15) is 5.69 Å². The molecule has 0 spiro atoms. The molecule has 1 aliphatic heterocycles. The molecule has 1 unspecified atom stereocenters. The average Bonchev–Trinajstić information content (AvgIpc) is 3.19. The zero-order chi connectivity index (χ0) is 17.2. The number of fused-ring (bicyclic) bond motifs is 1. The van der Waals surface area contributed by atoms with Crippen molar-refractivity contribution in [3.63, 3.8) is 0 Å². The van der Waals surface area contributed by atoms with Gasteiger partial charge in [0.2, 0.25) is 0 Å². The number of nitrogens with one attached hydrogen (secondary N) is 1. The third-order valence-electron chi connectivity index (χ3n) is 4.87. The van der Waals surface area contributed by atoms with E-state index in [4.69, 9.17) is 5.10 Å². The van der Waals surface area contributed by atoms with Gasteiger partial charge in [-0.15, -0.1) is 0 Å². The molecule has 0 saturated carbocycles. The molecule has 4 heterocycles. The zero-order valence-corrected chi connectivity index (χ0v) is 14.8. The fourth-order valence-corrected chi connectivity index (χ4v) is 3.45. The minimum atomic E-state index is 0.269. The molecule has 3 aromatic rings.